The van der Waals surface area contributed by atoms with Crippen LogP contribution in [0.15, 0.2) is 88.0 Å². The summed E-state index contributed by atoms with van der Waals surface area (Å²) in [7, 11) is 0. The van der Waals surface area contributed by atoms with Crippen LogP contribution in [0.3, 0.4) is 0 Å². The van der Waals surface area contributed by atoms with Gasteiger partial charge in [-0.1, -0.05) is 12.1 Å². The second kappa shape index (κ2) is 10.4. The minimum absolute atomic E-state index is 0.0358. The number of nitrogens with one attached hydrogen (secondary N) is 1. The Hall–Kier alpha value is -4.27. The Morgan fingerprint density at radius 2 is 1.91 bits per heavy atom. The number of phenols is 1. The first-order valence-corrected chi connectivity index (χ1v) is 10.7. The van der Waals surface area contributed by atoms with E-state index in [0.717, 1.165) is 37.3 Å². The largest absolute Gasteiger partial charge is 0.506 e. The molecule has 4 rings (SSSR count). The van der Waals surface area contributed by atoms with Crippen molar-refractivity contribution in [1.82, 2.24) is 10.3 Å². The number of azo groups is 1. The van der Waals surface area contributed by atoms with Crippen LogP contribution in [0.2, 0.25) is 0 Å². The SMILES string of the molecule is Nc1cc(N=Nc2ccc(N(CC3=CCCCN3)Cc3ccccn3)cc2)c(O)cc1N=O. The van der Waals surface area contributed by atoms with Crippen molar-refractivity contribution in [3.63, 3.8) is 0 Å². The Morgan fingerprint density at radius 1 is 1.06 bits per heavy atom. The van der Waals surface area contributed by atoms with Gasteiger partial charge in [0.2, 0.25) is 0 Å². The maximum Gasteiger partial charge on any atom is 0.145 e. The number of pyridine rings is 1. The highest BCUT2D eigenvalue weighted by Crippen LogP contribution is 2.36. The number of nitrogen functional groups attached to an aromatic ring is 1. The maximum absolute atomic E-state index is 10.7. The van der Waals surface area contributed by atoms with Crippen LogP contribution in [0.5, 0.6) is 5.75 Å². The van der Waals surface area contributed by atoms with Gasteiger partial charge in [0.25, 0.3) is 0 Å². The van der Waals surface area contributed by atoms with Crippen molar-refractivity contribution in [3.8, 4) is 5.75 Å². The lowest BCUT2D eigenvalue weighted by Gasteiger charge is -2.28. The zero-order chi connectivity index (χ0) is 23.0. The second-order valence-corrected chi connectivity index (χ2v) is 7.68. The molecule has 9 heteroatoms. The summed E-state index contributed by atoms with van der Waals surface area (Å²) in [5, 5.41) is 24.5. The van der Waals surface area contributed by atoms with Crippen LogP contribution < -0.4 is 16.0 Å². The summed E-state index contributed by atoms with van der Waals surface area (Å²) in [5.41, 5.74) is 9.83. The minimum atomic E-state index is -0.214. The zero-order valence-corrected chi connectivity index (χ0v) is 18.1. The van der Waals surface area contributed by atoms with Crippen molar-refractivity contribution in [3.05, 3.63) is 83.2 Å². The number of allylic oxidation sites excluding steroid dienone is 1. The van der Waals surface area contributed by atoms with Gasteiger partial charge >= 0.3 is 0 Å². The number of nitroso groups, excluding NO2 is 1. The summed E-state index contributed by atoms with van der Waals surface area (Å²) < 4.78 is 0. The van der Waals surface area contributed by atoms with Gasteiger partial charge in [0.15, 0.2) is 0 Å². The van der Waals surface area contributed by atoms with E-state index < -0.39 is 0 Å². The van der Waals surface area contributed by atoms with E-state index in [-0.39, 0.29) is 22.8 Å². The van der Waals surface area contributed by atoms with E-state index in [1.165, 1.54) is 17.8 Å². The van der Waals surface area contributed by atoms with Gasteiger partial charge in [-0.05, 0) is 60.5 Å². The molecule has 0 bridgehead atoms. The molecule has 0 unspecified atom stereocenters. The van der Waals surface area contributed by atoms with Gasteiger partial charge in [-0.25, -0.2) is 0 Å². The fourth-order valence-electron chi connectivity index (χ4n) is 3.53. The summed E-state index contributed by atoms with van der Waals surface area (Å²) >= 11 is 0. The van der Waals surface area contributed by atoms with E-state index in [0.29, 0.717) is 12.2 Å². The summed E-state index contributed by atoms with van der Waals surface area (Å²) in [6.07, 6.45) is 6.29. The number of hydrogen-bond acceptors (Lipinski definition) is 9. The molecule has 2 aromatic carbocycles. The van der Waals surface area contributed by atoms with Crippen molar-refractivity contribution in [2.45, 2.75) is 19.4 Å². The summed E-state index contributed by atoms with van der Waals surface area (Å²) in [5.74, 6) is -0.214. The lowest BCUT2D eigenvalue weighted by molar-refractivity contribution is 0.476. The highest BCUT2D eigenvalue weighted by Gasteiger charge is 2.13. The number of rotatable bonds is 8. The molecule has 4 N–H and O–H groups in total. The molecule has 0 atom stereocenters. The molecule has 1 aliphatic rings. The molecule has 0 fully saturated rings. The summed E-state index contributed by atoms with van der Waals surface area (Å²) in [4.78, 5) is 17.4. The number of phenolic OH excluding ortho intramolecular Hbond substituents is 1. The van der Waals surface area contributed by atoms with Crippen LogP contribution in [-0.2, 0) is 6.54 Å². The average Bonchev–Trinajstić information content (AvgIpc) is 2.85. The van der Waals surface area contributed by atoms with E-state index >= 15 is 0 Å². The number of benzene rings is 2. The van der Waals surface area contributed by atoms with E-state index in [1.54, 1.807) is 6.20 Å². The predicted molar refractivity (Wildman–Crippen MR) is 129 cm³/mol. The van der Waals surface area contributed by atoms with Crippen LogP contribution in [0.4, 0.5) is 28.4 Å². The standard InChI is InChI=1S/C24H25N7O2/c25-21-13-23(24(32)14-22(21)30-33)29-28-17-7-9-20(10-8-17)31(15-18-5-1-3-11-26-18)16-19-6-2-4-12-27-19/h1,3,5-11,13-14,27,32H,2,4,12,15-16,25H2. The summed E-state index contributed by atoms with van der Waals surface area (Å²) in [6, 6.07) is 16.1. The molecular weight excluding hydrogens is 418 g/mol. The van der Waals surface area contributed by atoms with Crippen LogP contribution >= 0.6 is 0 Å². The first kappa shape index (κ1) is 21.9. The number of nitrogens with two attached hydrogens (primary N) is 1. The number of aromatic nitrogens is 1. The van der Waals surface area contributed by atoms with Gasteiger partial charge in [-0.15, -0.1) is 10.0 Å². The highest BCUT2D eigenvalue weighted by molar-refractivity contribution is 5.72. The second-order valence-electron chi connectivity index (χ2n) is 7.68. The smallest absolute Gasteiger partial charge is 0.145 e. The maximum atomic E-state index is 10.7. The first-order valence-electron chi connectivity index (χ1n) is 10.7. The Morgan fingerprint density at radius 3 is 2.61 bits per heavy atom. The van der Waals surface area contributed by atoms with Gasteiger partial charge in [0.1, 0.15) is 17.1 Å². The van der Waals surface area contributed by atoms with Crippen molar-refractivity contribution in [1.29, 1.82) is 0 Å². The number of anilines is 2. The molecule has 0 radical (unpaired) electrons. The van der Waals surface area contributed by atoms with Crippen LogP contribution in [-0.4, -0.2) is 23.2 Å². The molecule has 33 heavy (non-hydrogen) atoms. The monoisotopic (exact) mass is 443 g/mol. The molecule has 0 saturated carbocycles. The summed E-state index contributed by atoms with van der Waals surface area (Å²) in [6.45, 7) is 2.41. The molecule has 9 nitrogen and oxygen atoms in total. The molecule has 3 aromatic rings. The van der Waals surface area contributed by atoms with Gasteiger partial charge in [0, 0.05) is 30.2 Å². The van der Waals surface area contributed by atoms with Crippen LogP contribution in [0, 0.1) is 4.91 Å². The van der Waals surface area contributed by atoms with Crippen molar-refractivity contribution < 1.29 is 5.11 Å². The topological polar surface area (TPSA) is 129 Å². The van der Waals surface area contributed by atoms with Crippen LogP contribution in [0.25, 0.3) is 0 Å². The normalized spacial score (nSPS) is 13.4. The molecule has 0 aliphatic carbocycles. The number of nitrogens with zero attached hydrogens (tertiary/aromatic N) is 5. The lowest BCUT2D eigenvalue weighted by Crippen LogP contribution is -2.32. The van der Waals surface area contributed by atoms with Crippen molar-refractivity contribution in [2.75, 3.05) is 23.7 Å². The molecule has 0 spiro atoms. The first-order chi connectivity index (χ1) is 16.1. The van der Waals surface area contributed by atoms with Gasteiger partial charge in [-0.3, -0.25) is 4.98 Å². The van der Waals surface area contributed by atoms with Crippen LogP contribution in [0.1, 0.15) is 18.5 Å². The Bertz CT molecular complexity index is 1160. The fraction of sp³-hybridized carbons (Fsp3) is 0.208. The quantitative estimate of drug-likeness (QED) is 0.184. The van der Waals surface area contributed by atoms with E-state index in [9.17, 15) is 10.0 Å². The molecule has 1 aliphatic heterocycles. The Balaban J connectivity index is 1.53. The third-order valence-corrected chi connectivity index (χ3v) is 5.27. The highest BCUT2D eigenvalue weighted by atomic mass is 16.3. The molecule has 1 aromatic heterocycles. The van der Waals surface area contributed by atoms with Gasteiger partial charge in [0.05, 0.1) is 30.2 Å². The number of hydrogen-bond donors (Lipinski definition) is 3. The van der Waals surface area contributed by atoms with Crippen molar-refractivity contribution >= 4 is 28.4 Å². The third kappa shape index (κ3) is 5.70. The molecular formula is C24H25N7O2. The fourth-order valence-corrected chi connectivity index (χ4v) is 3.53. The average molecular weight is 444 g/mol. The molecule has 2 heterocycles. The lowest BCUT2D eigenvalue weighted by atomic mass is 10.1. The zero-order valence-electron chi connectivity index (χ0n) is 18.1. The third-order valence-electron chi connectivity index (χ3n) is 5.27. The van der Waals surface area contributed by atoms with E-state index in [4.69, 9.17) is 5.73 Å². The van der Waals surface area contributed by atoms with E-state index in [2.05, 4.69) is 36.7 Å². The molecule has 0 saturated heterocycles. The van der Waals surface area contributed by atoms with Crippen molar-refractivity contribution in [2.24, 2.45) is 15.4 Å². The minimum Gasteiger partial charge on any atom is -0.506 e. The van der Waals surface area contributed by atoms with Gasteiger partial charge in [-0.2, -0.15) is 5.11 Å². The molecule has 0 amide bonds. The van der Waals surface area contributed by atoms with E-state index in [1.807, 2.05) is 42.5 Å². The Labute approximate surface area is 191 Å². The number of aromatic hydroxyl groups is 1. The Kier molecular flexibility index (Phi) is 6.89. The predicted octanol–water partition coefficient (Wildman–Crippen LogP) is 5.46. The molecule has 168 valence electrons. The van der Waals surface area contributed by atoms with Gasteiger partial charge < -0.3 is 21.1 Å².